The lowest BCUT2D eigenvalue weighted by Gasteiger charge is -2.31. The molecular formula is C19H22N4S. The normalized spacial score (nSPS) is 22.2. The molecule has 2 fully saturated rings. The third-order valence-corrected chi connectivity index (χ3v) is 6.16. The number of hydrogen-bond acceptors (Lipinski definition) is 4. The first-order valence-electron chi connectivity index (χ1n) is 8.98. The highest BCUT2D eigenvalue weighted by atomic mass is 32.1. The molecule has 0 spiro atoms. The van der Waals surface area contributed by atoms with Crippen molar-refractivity contribution in [3.63, 3.8) is 0 Å². The van der Waals surface area contributed by atoms with Crippen LogP contribution >= 0.6 is 11.3 Å². The number of likely N-dealkylation sites (tertiary alicyclic amines) is 1. The van der Waals surface area contributed by atoms with Gasteiger partial charge in [-0.15, -0.1) is 11.3 Å². The lowest BCUT2D eigenvalue weighted by atomic mass is 9.97. The van der Waals surface area contributed by atoms with Crippen molar-refractivity contribution in [2.45, 2.75) is 31.6 Å². The van der Waals surface area contributed by atoms with Crippen LogP contribution in [0.5, 0.6) is 0 Å². The number of pyridine rings is 1. The molecule has 1 aliphatic heterocycles. The maximum Gasteiger partial charge on any atom is 0.156 e. The molecule has 0 unspecified atom stereocenters. The molecule has 1 aliphatic carbocycles. The van der Waals surface area contributed by atoms with E-state index in [-0.39, 0.29) is 0 Å². The molecule has 5 heteroatoms. The minimum Gasteiger partial charge on any atom is -0.302 e. The first-order chi connectivity index (χ1) is 11.8. The van der Waals surface area contributed by atoms with Crippen LogP contribution in [-0.4, -0.2) is 39.1 Å². The number of fused-ring (bicyclic) bond motifs is 1. The van der Waals surface area contributed by atoms with Crippen LogP contribution in [0.25, 0.3) is 16.1 Å². The van der Waals surface area contributed by atoms with E-state index in [0.29, 0.717) is 5.92 Å². The second-order valence-corrected chi connectivity index (χ2v) is 8.16. The Kier molecular flexibility index (Phi) is 3.64. The second kappa shape index (κ2) is 5.97. The van der Waals surface area contributed by atoms with Crippen molar-refractivity contribution in [3.8, 4) is 10.4 Å². The van der Waals surface area contributed by atoms with Crippen molar-refractivity contribution in [1.82, 2.24) is 19.5 Å². The third kappa shape index (κ3) is 2.87. The molecule has 124 valence electrons. The summed E-state index contributed by atoms with van der Waals surface area (Å²) >= 11 is 1.76. The Balaban J connectivity index is 1.40. The highest BCUT2D eigenvalue weighted by Crippen LogP contribution is 2.33. The zero-order valence-corrected chi connectivity index (χ0v) is 14.6. The van der Waals surface area contributed by atoms with E-state index in [0.717, 1.165) is 23.9 Å². The molecule has 3 aromatic heterocycles. The summed E-state index contributed by atoms with van der Waals surface area (Å²) in [6.45, 7) is 3.67. The summed E-state index contributed by atoms with van der Waals surface area (Å²) in [7, 11) is 0. The summed E-state index contributed by atoms with van der Waals surface area (Å²) in [6.07, 6.45) is 7.46. The topological polar surface area (TPSA) is 33.4 Å². The molecule has 1 atom stereocenters. The van der Waals surface area contributed by atoms with E-state index in [4.69, 9.17) is 10.1 Å². The summed E-state index contributed by atoms with van der Waals surface area (Å²) in [4.78, 5) is 8.73. The standard InChI is InChI=1S/C19H22N4S/c1-3-16(12-22(9-1)11-14-5-6-14)19-20-18-8-7-15(13-23(18)21-19)17-4-2-10-24-17/h2,4,7-8,10,13-14,16H,1,3,5-6,9,11-12H2/t16-/m1/s1. The maximum atomic E-state index is 4.82. The highest BCUT2D eigenvalue weighted by molar-refractivity contribution is 7.13. The Labute approximate surface area is 146 Å². The quantitative estimate of drug-likeness (QED) is 0.720. The fraction of sp³-hybridized carbons (Fsp3) is 0.474. The molecule has 0 N–H and O–H groups in total. The number of hydrogen-bond donors (Lipinski definition) is 0. The van der Waals surface area contributed by atoms with Crippen molar-refractivity contribution in [1.29, 1.82) is 0 Å². The van der Waals surface area contributed by atoms with Gasteiger partial charge in [-0.2, -0.15) is 5.10 Å². The minimum atomic E-state index is 0.489. The van der Waals surface area contributed by atoms with Gasteiger partial charge in [0.1, 0.15) is 0 Å². The number of nitrogens with zero attached hydrogens (tertiary/aromatic N) is 4. The van der Waals surface area contributed by atoms with E-state index in [1.54, 1.807) is 11.3 Å². The Morgan fingerprint density at radius 1 is 1.17 bits per heavy atom. The van der Waals surface area contributed by atoms with E-state index in [1.165, 1.54) is 49.2 Å². The molecule has 0 bridgehead atoms. The molecule has 1 saturated heterocycles. The Hall–Kier alpha value is -1.72. The van der Waals surface area contributed by atoms with Gasteiger partial charge >= 0.3 is 0 Å². The van der Waals surface area contributed by atoms with Gasteiger partial charge in [0.2, 0.25) is 0 Å². The van der Waals surface area contributed by atoms with Crippen molar-refractivity contribution >= 4 is 17.0 Å². The number of aromatic nitrogens is 3. The van der Waals surface area contributed by atoms with Gasteiger partial charge in [0.05, 0.1) is 0 Å². The molecule has 2 aliphatic rings. The summed E-state index contributed by atoms with van der Waals surface area (Å²) in [5.41, 5.74) is 2.18. The van der Waals surface area contributed by atoms with Crippen LogP contribution in [0, 0.1) is 5.92 Å². The summed E-state index contributed by atoms with van der Waals surface area (Å²) in [6, 6.07) is 8.49. The minimum absolute atomic E-state index is 0.489. The monoisotopic (exact) mass is 338 g/mol. The van der Waals surface area contributed by atoms with Crippen molar-refractivity contribution in [3.05, 3.63) is 41.7 Å². The molecule has 0 amide bonds. The van der Waals surface area contributed by atoms with Crippen LogP contribution < -0.4 is 0 Å². The Bertz CT molecular complexity index is 834. The second-order valence-electron chi connectivity index (χ2n) is 7.21. The van der Waals surface area contributed by atoms with E-state index >= 15 is 0 Å². The Morgan fingerprint density at radius 2 is 2.12 bits per heavy atom. The van der Waals surface area contributed by atoms with Crippen LogP contribution in [0.3, 0.4) is 0 Å². The highest BCUT2D eigenvalue weighted by Gasteiger charge is 2.29. The predicted molar refractivity (Wildman–Crippen MR) is 97.4 cm³/mol. The van der Waals surface area contributed by atoms with Gasteiger partial charge in [-0.3, -0.25) is 0 Å². The maximum absolute atomic E-state index is 4.82. The number of thiophene rings is 1. The fourth-order valence-corrected chi connectivity index (χ4v) is 4.48. The van der Waals surface area contributed by atoms with E-state index in [2.05, 4.69) is 40.7 Å². The van der Waals surface area contributed by atoms with E-state index < -0.39 is 0 Å². The molecule has 0 aromatic carbocycles. The van der Waals surface area contributed by atoms with Crippen LogP contribution in [0.15, 0.2) is 35.8 Å². The van der Waals surface area contributed by atoms with Crippen LogP contribution in [0.1, 0.15) is 37.4 Å². The molecule has 5 rings (SSSR count). The van der Waals surface area contributed by atoms with Gasteiger partial charge in [-0.05, 0) is 61.7 Å². The molecule has 0 radical (unpaired) electrons. The van der Waals surface area contributed by atoms with Gasteiger partial charge in [-0.1, -0.05) is 6.07 Å². The molecular weight excluding hydrogens is 316 g/mol. The number of rotatable bonds is 4. The first-order valence-corrected chi connectivity index (χ1v) is 9.86. The smallest absolute Gasteiger partial charge is 0.156 e. The Morgan fingerprint density at radius 3 is 2.96 bits per heavy atom. The molecule has 4 nitrogen and oxygen atoms in total. The summed E-state index contributed by atoms with van der Waals surface area (Å²) in [5, 5.41) is 6.93. The van der Waals surface area contributed by atoms with Gasteiger partial charge in [0.25, 0.3) is 0 Å². The largest absolute Gasteiger partial charge is 0.302 e. The number of piperidine rings is 1. The molecule has 24 heavy (non-hydrogen) atoms. The van der Waals surface area contributed by atoms with Gasteiger partial charge in [-0.25, -0.2) is 9.50 Å². The van der Waals surface area contributed by atoms with E-state index in [9.17, 15) is 0 Å². The zero-order chi connectivity index (χ0) is 15.9. The molecule has 4 heterocycles. The van der Waals surface area contributed by atoms with Crippen LogP contribution in [-0.2, 0) is 0 Å². The lowest BCUT2D eigenvalue weighted by molar-refractivity contribution is 0.197. The van der Waals surface area contributed by atoms with Crippen molar-refractivity contribution in [2.75, 3.05) is 19.6 Å². The zero-order valence-electron chi connectivity index (χ0n) is 13.8. The first kappa shape index (κ1) is 14.6. The molecule has 3 aromatic rings. The van der Waals surface area contributed by atoms with Crippen LogP contribution in [0.2, 0.25) is 0 Å². The SMILES string of the molecule is c1csc(-c2ccc3nc([C@@H]4CCCN(CC5CC5)C4)nn3c2)c1. The lowest BCUT2D eigenvalue weighted by Crippen LogP contribution is -2.36. The molecule has 1 saturated carbocycles. The van der Waals surface area contributed by atoms with Gasteiger partial charge in [0, 0.05) is 35.6 Å². The van der Waals surface area contributed by atoms with Crippen molar-refractivity contribution in [2.24, 2.45) is 5.92 Å². The average Bonchev–Trinajstić information content (AvgIpc) is 3.12. The third-order valence-electron chi connectivity index (χ3n) is 5.24. The van der Waals surface area contributed by atoms with Gasteiger partial charge < -0.3 is 4.90 Å². The average molecular weight is 338 g/mol. The van der Waals surface area contributed by atoms with E-state index in [1.807, 2.05) is 4.52 Å². The van der Waals surface area contributed by atoms with Crippen molar-refractivity contribution < 1.29 is 0 Å². The summed E-state index contributed by atoms with van der Waals surface area (Å²) < 4.78 is 1.96. The summed E-state index contributed by atoms with van der Waals surface area (Å²) in [5.74, 6) is 2.48. The predicted octanol–water partition coefficient (Wildman–Crippen LogP) is 4.05. The van der Waals surface area contributed by atoms with Gasteiger partial charge in [0.15, 0.2) is 11.5 Å². The van der Waals surface area contributed by atoms with Crippen LogP contribution in [0.4, 0.5) is 0 Å². The fourth-order valence-electron chi connectivity index (χ4n) is 3.76.